The highest BCUT2D eigenvalue weighted by atomic mass is 16.6. The maximum absolute atomic E-state index is 12.5. The highest BCUT2D eigenvalue weighted by Gasteiger charge is 2.26. The molecule has 1 aromatic heterocycles. The van der Waals surface area contributed by atoms with Crippen molar-refractivity contribution in [2.24, 2.45) is 10.9 Å². The predicted octanol–water partition coefficient (Wildman–Crippen LogP) is 1.84. The zero-order valence-corrected chi connectivity index (χ0v) is 17.0. The van der Waals surface area contributed by atoms with E-state index in [4.69, 9.17) is 21.1 Å². The van der Waals surface area contributed by atoms with E-state index in [2.05, 4.69) is 15.5 Å². The lowest BCUT2D eigenvalue weighted by atomic mass is 10.0. The summed E-state index contributed by atoms with van der Waals surface area (Å²) in [4.78, 5) is 33.3. The van der Waals surface area contributed by atoms with Crippen molar-refractivity contribution in [2.75, 3.05) is 0 Å². The van der Waals surface area contributed by atoms with Gasteiger partial charge in [-0.15, -0.1) is 0 Å². The third-order valence-corrected chi connectivity index (χ3v) is 4.94. The molecule has 0 bridgehead atoms. The Bertz CT molecular complexity index is 960. The second kappa shape index (κ2) is 10.3. The molecular formula is C22H25N5O4. The van der Waals surface area contributed by atoms with E-state index in [0.717, 1.165) is 11.3 Å². The fourth-order valence-electron chi connectivity index (χ4n) is 3.35. The summed E-state index contributed by atoms with van der Waals surface area (Å²) in [6.45, 7) is 0. The molecule has 1 aliphatic heterocycles. The number of amidine groups is 1. The third kappa shape index (κ3) is 6.63. The number of hydrogen-bond acceptors (Lipinski definition) is 6. The number of nitrogen functional groups attached to an aromatic ring is 1. The maximum atomic E-state index is 12.5. The van der Waals surface area contributed by atoms with Crippen LogP contribution in [0, 0.1) is 5.41 Å². The number of aromatic nitrogens is 1. The minimum absolute atomic E-state index is 0.00957. The van der Waals surface area contributed by atoms with Gasteiger partial charge in [-0.05, 0) is 30.5 Å². The third-order valence-electron chi connectivity index (χ3n) is 4.94. The van der Waals surface area contributed by atoms with Crippen LogP contribution < -0.4 is 11.1 Å². The van der Waals surface area contributed by atoms with Crippen molar-refractivity contribution >= 4 is 23.4 Å². The standard InChI is InChI=1S/C22H25N5O4/c23-22(24)15-6-4-14(5-7-15)19-12-18(31-27-19)13-20(28)26-17(11-21(29)30)9-8-16-3-1-2-10-25-16/h1-7,10,17-18H,8-9,11-13H2,(H3,23,24)(H,26,28)(H,29,30)/t17-,18?/m1/s1. The number of oxime groups is 1. The van der Waals surface area contributed by atoms with Gasteiger partial charge in [0.1, 0.15) is 11.9 Å². The van der Waals surface area contributed by atoms with Crippen LogP contribution in [0.25, 0.3) is 0 Å². The molecule has 0 saturated carbocycles. The molecule has 162 valence electrons. The van der Waals surface area contributed by atoms with Gasteiger partial charge in [0.05, 0.1) is 18.6 Å². The average molecular weight is 423 g/mol. The molecule has 3 rings (SSSR count). The van der Waals surface area contributed by atoms with Crippen LogP contribution >= 0.6 is 0 Å². The van der Waals surface area contributed by atoms with Gasteiger partial charge in [-0.2, -0.15) is 0 Å². The van der Waals surface area contributed by atoms with E-state index in [0.29, 0.717) is 30.5 Å². The molecule has 0 aliphatic carbocycles. The maximum Gasteiger partial charge on any atom is 0.305 e. The van der Waals surface area contributed by atoms with E-state index < -0.39 is 18.1 Å². The molecule has 0 fully saturated rings. The van der Waals surface area contributed by atoms with Gasteiger partial charge in [-0.1, -0.05) is 35.5 Å². The predicted molar refractivity (Wildman–Crippen MR) is 115 cm³/mol. The Labute approximate surface area is 179 Å². The SMILES string of the molecule is N=C(N)c1ccc(C2=NOC(CC(=O)N[C@H](CCc3ccccn3)CC(=O)O)C2)cc1. The summed E-state index contributed by atoms with van der Waals surface area (Å²) in [6.07, 6.45) is 2.70. The molecule has 1 amide bonds. The second-order valence-corrected chi connectivity index (χ2v) is 7.39. The van der Waals surface area contributed by atoms with Gasteiger partial charge in [-0.3, -0.25) is 20.0 Å². The van der Waals surface area contributed by atoms with Gasteiger partial charge in [0.15, 0.2) is 0 Å². The number of nitrogens with two attached hydrogens (primary N) is 1. The lowest BCUT2D eigenvalue weighted by Gasteiger charge is -2.18. The van der Waals surface area contributed by atoms with Crippen molar-refractivity contribution < 1.29 is 19.5 Å². The quantitative estimate of drug-likeness (QED) is 0.338. The summed E-state index contributed by atoms with van der Waals surface area (Å²) >= 11 is 0. The lowest BCUT2D eigenvalue weighted by molar-refractivity contribution is -0.137. The number of carbonyl (C=O) groups is 2. The summed E-state index contributed by atoms with van der Waals surface area (Å²) in [5.74, 6) is -1.26. The normalized spacial score (nSPS) is 16.1. The molecule has 2 aromatic rings. The van der Waals surface area contributed by atoms with Gasteiger partial charge < -0.3 is 21.0 Å². The van der Waals surface area contributed by atoms with E-state index in [1.165, 1.54) is 0 Å². The van der Waals surface area contributed by atoms with Gasteiger partial charge in [-0.25, -0.2) is 0 Å². The molecule has 1 aromatic carbocycles. The van der Waals surface area contributed by atoms with Crippen LogP contribution in [0.3, 0.4) is 0 Å². The Balaban J connectivity index is 1.50. The van der Waals surface area contributed by atoms with Gasteiger partial charge >= 0.3 is 5.97 Å². The number of rotatable bonds is 10. The van der Waals surface area contributed by atoms with Crippen molar-refractivity contribution in [3.63, 3.8) is 0 Å². The minimum atomic E-state index is -0.969. The fourth-order valence-corrected chi connectivity index (χ4v) is 3.35. The van der Waals surface area contributed by atoms with Crippen LogP contribution in [0.5, 0.6) is 0 Å². The highest BCUT2D eigenvalue weighted by Crippen LogP contribution is 2.20. The number of aryl methyl sites for hydroxylation is 1. The molecule has 1 unspecified atom stereocenters. The number of benzene rings is 1. The van der Waals surface area contributed by atoms with E-state index in [-0.39, 0.29) is 24.6 Å². The smallest absolute Gasteiger partial charge is 0.305 e. The topological polar surface area (TPSA) is 151 Å². The molecule has 9 heteroatoms. The molecule has 5 N–H and O–H groups in total. The summed E-state index contributed by atoms with van der Waals surface area (Å²) < 4.78 is 0. The molecule has 1 aliphatic rings. The molecule has 0 spiro atoms. The Hall–Kier alpha value is -3.75. The number of carboxylic acids is 1. The number of hydrogen-bond donors (Lipinski definition) is 4. The zero-order chi connectivity index (χ0) is 22.2. The Morgan fingerprint density at radius 1 is 1.26 bits per heavy atom. The van der Waals surface area contributed by atoms with Crippen molar-refractivity contribution in [2.45, 2.75) is 44.2 Å². The molecule has 31 heavy (non-hydrogen) atoms. The summed E-state index contributed by atoms with van der Waals surface area (Å²) in [7, 11) is 0. The van der Waals surface area contributed by atoms with E-state index in [1.807, 2.05) is 30.3 Å². The number of nitrogens with one attached hydrogen (secondary N) is 2. The van der Waals surface area contributed by atoms with Crippen molar-refractivity contribution in [3.8, 4) is 0 Å². The molecule has 2 heterocycles. The van der Waals surface area contributed by atoms with Crippen LogP contribution in [0.15, 0.2) is 53.8 Å². The first kappa shape index (κ1) is 21.9. The number of amides is 1. The van der Waals surface area contributed by atoms with Crippen LogP contribution in [0.2, 0.25) is 0 Å². The Morgan fingerprint density at radius 2 is 2.03 bits per heavy atom. The Kier molecular flexibility index (Phi) is 7.31. The molecule has 0 saturated heterocycles. The number of carboxylic acid groups (broad SMARTS) is 1. The summed E-state index contributed by atoms with van der Waals surface area (Å²) in [5, 5.41) is 23.5. The highest BCUT2D eigenvalue weighted by molar-refractivity contribution is 6.02. The van der Waals surface area contributed by atoms with Gasteiger partial charge in [0.2, 0.25) is 5.91 Å². The van der Waals surface area contributed by atoms with Crippen molar-refractivity contribution in [3.05, 3.63) is 65.5 Å². The van der Waals surface area contributed by atoms with Gasteiger partial charge in [0, 0.05) is 29.9 Å². The van der Waals surface area contributed by atoms with Gasteiger partial charge in [0.25, 0.3) is 0 Å². The van der Waals surface area contributed by atoms with Crippen molar-refractivity contribution in [1.29, 1.82) is 5.41 Å². The van der Waals surface area contributed by atoms with Crippen LogP contribution in [0.1, 0.15) is 42.5 Å². The number of carbonyl (C=O) groups excluding carboxylic acids is 1. The first-order valence-electron chi connectivity index (χ1n) is 9.99. The van der Waals surface area contributed by atoms with E-state index in [9.17, 15) is 9.59 Å². The second-order valence-electron chi connectivity index (χ2n) is 7.39. The number of nitrogens with zero attached hydrogens (tertiary/aromatic N) is 2. The van der Waals surface area contributed by atoms with Crippen LogP contribution in [0.4, 0.5) is 0 Å². The van der Waals surface area contributed by atoms with Crippen molar-refractivity contribution in [1.82, 2.24) is 10.3 Å². The van der Waals surface area contributed by atoms with Crippen LogP contribution in [-0.4, -0.2) is 45.7 Å². The first-order valence-corrected chi connectivity index (χ1v) is 9.99. The largest absolute Gasteiger partial charge is 0.481 e. The number of pyridine rings is 1. The number of aliphatic carboxylic acids is 1. The molecule has 0 radical (unpaired) electrons. The summed E-state index contributed by atoms with van der Waals surface area (Å²) in [5.41, 5.74) is 8.48. The van der Waals surface area contributed by atoms with E-state index in [1.54, 1.807) is 18.3 Å². The zero-order valence-electron chi connectivity index (χ0n) is 17.0. The summed E-state index contributed by atoms with van der Waals surface area (Å²) in [6, 6.07) is 12.1. The molecular weight excluding hydrogens is 398 g/mol. The molecule has 9 nitrogen and oxygen atoms in total. The first-order chi connectivity index (χ1) is 14.9. The van der Waals surface area contributed by atoms with Crippen LogP contribution in [-0.2, 0) is 20.8 Å². The van der Waals surface area contributed by atoms with E-state index >= 15 is 0 Å². The monoisotopic (exact) mass is 423 g/mol. The molecule has 2 atom stereocenters. The Morgan fingerprint density at radius 3 is 2.68 bits per heavy atom. The lowest BCUT2D eigenvalue weighted by Crippen LogP contribution is -2.38. The fraction of sp³-hybridized carbons (Fsp3) is 0.318. The minimum Gasteiger partial charge on any atom is -0.481 e. The average Bonchev–Trinajstić information content (AvgIpc) is 3.20.